The standard InChI is InChI=1S/C18H13NO3/c20-15-9-8-14(16-12-6-7-13(10-12)17(15)16)19-22-18(21)11-4-2-1-3-5-11/h1-9,12-13H,10H2/b19-14-. The number of hydrogen-bond donors (Lipinski definition) is 0. The first kappa shape index (κ1) is 13.0. The van der Waals surface area contributed by atoms with E-state index in [4.69, 9.17) is 4.84 Å². The van der Waals surface area contributed by atoms with E-state index in [0.717, 1.165) is 17.6 Å². The molecule has 0 spiro atoms. The van der Waals surface area contributed by atoms with Gasteiger partial charge in [-0.25, -0.2) is 4.79 Å². The molecule has 2 bridgehead atoms. The van der Waals surface area contributed by atoms with E-state index < -0.39 is 5.97 Å². The number of oxime groups is 1. The molecule has 0 saturated carbocycles. The molecular weight excluding hydrogens is 278 g/mol. The monoisotopic (exact) mass is 291 g/mol. The Kier molecular flexibility index (Phi) is 2.89. The van der Waals surface area contributed by atoms with Crippen molar-refractivity contribution in [3.63, 3.8) is 0 Å². The summed E-state index contributed by atoms with van der Waals surface area (Å²) in [6.07, 6.45) is 8.24. The smallest absolute Gasteiger partial charge is 0.312 e. The summed E-state index contributed by atoms with van der Waals surface area (Å²) in [5, 5.41) is 3.99. The molecule has 1 aromatic carbocycles. The quantitative estimate of drug-likeness (QED) is 0.364. The molecule has 4 heteroatoms. The van der Waals surface area contributed by atoms with E-state index in [2.05, 4.69) is 17.3 Å². The van der Waals surface area contributed by atoms with Crippen LogP contribution in [0.2, 0.25) is 0 Å². The summed E-state index contributed by atoms with van der Waals surface area (Å²) < 4.78 is 0. The molecule has 0 fully saturated rings. The van der Waals surface area contributed by atoms with E-state index in [1.807, 2.05) is 6.07 Å². The van der Waals surface area contributed by atoms with Crippen LogP contribution >= 0.6 is 0 Å². The molecule has 0 aromatic heterocycles. The van der Waals surface area contributed by atoms with Gasteiger partial charge in [0.15, 0.2) is 5.78 Å². The normalized spacial score (nSPS) is 26.7. The number of nitrogens with zero attached hydrogens (tertiary/aromatic N) is 1. The lowest BCUT2D eigenvalue weighted by Gasteiger charge is -2.17. The van der Waals surface area contributed by atoms with Gasteiger partial charge in [-0.1, -0.05) is 35.5 Å². The third-order valence-corrected chi connectivity index (χ3v) is 4.29. The molecule has 4 rings (SSSR count). The molecule has 0 radical (unpaired) electrons. The van der Waals surface area contributed by atoms with Crippen molar-refractivity contribution in [3.8, 4) is 0 Å². The van der Waals surface area contributed by atoms with Crippen molar-refractivity contribution in [1.82, 2.24) is 0 Å². The van der Waals surface area contributed by atoms with Crippen molar-refractivity contribution in [2.24, 2.45) is 17.0 Å². The Hall–Kier alpha value is -2.75. The first-order valence-electron chi connectivity index (χ1n) is 7.23. The predicted molar refractivity (Wildman–Crippen MR) is 81.2 cm³/mol. The van der Waals surface area contributed by atoms with E-state index in [9.17, 15) is 9.59 Å². The van der Waals surface area contributed by atoms with Crippen molar-refractivity contribution in [1.29, 1.82) is 0 Å². The van der Waals surface area contributed by atoms with Crippen molar-refractivity contribution < 1.29 is 14.4 Å². The van der Waals surface area contributed by atoms with Crippen molar-refractivity contribution in [2.75, 3.05) is 0 Å². The summed E-state index contributed by atoms with van der Waals surface area (Å²) in [7, 11) is 0. The van der Waals surface area contributed by atoms with Gasteiger partial charge in [-0.15, -0.1) is 0 Å². The minimum atomic E-state index is -0.501. The Morgan fingerprint density at radius 1 is 1.05 bits per heavy atom. The average Bonchev–Trinajstić information content (AvgIpc) is 3.17. The third-order valence-electron chi connectivity index (χ3n) is 4.29. The summed E-state index contributed by atoms with van der Waals surface area (Å²) >= 11 is 0. The van der Waals surface area contributed by atoms with Gasteiger partial charge in [0.25, 0.3) is 0 Å². The average molecular weight is 291 g/mol. The van der Waals surface area contributed by atoms with Gasteiger partial charge in [-0.3, -0.25) is 4.79 Å². The predicted octanol–water partition coefficient (Wildman–Crippen LogP) is 2.84. The zero-order valence-electron chi connectivity index (χ0n) is 11.7. The Balaban J connectivity index is 1.60. The largest absolute Gasteiger partial charge is 0.365 e. The highest BCUT2D eigenvalue weighted by atomic mass is 16.7. The fourth-order valence-corrected chi connectivity index (χ4v) is 3.30. The van der Waals surface area contributed by atoms with Crippen LogP contribution in [-0.4, -0.2) is 17.5 Å². The van der Waals surface area contributed by atoms with Gasteiger partial charge in [-0.05, 0) is 36.3 Å². The summed E-state index contributed by atoms with van der Waals surface area (Å²) in [5.41, 5.74) is 2.76. The number of benzene rings is 1. The molecule has 3 aliphatic carbocycles. The second kappa shape index (κ2) is 4.91. The van der Waals surface area contributed by atoms with E-state index in [1.54, 1.807) is 30.3 Å². The second-order valence-electron chi connectivity index (χ2n) is 5.58. The second-order valence-corrected chi connectivity index (χ2v) is 5.58. The van der Waals surface area contributed by atoms with Crippen LogP contribution in [0, 0.1) is 11.8 Å². The van der Waals surface area contributed by atoms with E-state index in [1.165, 1.54) is 6.08 Å². The topological polar surface area (TPSA) is 55.7 Å². The Bertz CT molecular complexity index is 784. The van der Waals surface area contributed by atoms with Crippen LogP contribution in [0.3, 0.4) is 0 Å². The minimum Gasteiger partial charge on any atom is -0.312 e. The molecule has 0 heterocycles. The van der Waals surface area contributed by atoms with E-state index in [-0.39, 0.29) is 17.6 Å². The number of carbonyl (C=O) groups excluding carboxylic acids is 2. The summed E-state index contributed by atoms with van der Waals surface area (Å²) in [6.45, 7) is 0. The molecule has 3 aliphatic rings. The summed E-state index contributed by atoms with van der Waals surface area (Å²) in [4.78, 5) is 29.0. The molecule has 22 heavy (non-hydrogen) atoms. The molecule has 4 nitrogen and oxygen atoms in total. The lowest BCUT2D eigenvalue weighted by molar-refractivity contribution is -0.111. The van der Waals surface area contributed by atoms with Gasteiger partial charge in [0.05, 0.1) is 5.56 Å². The van der Waals surface area contributed by atoms with Gasteiger partial charge in [0.1, 0.15) is 5.71 Å². The number of allylic oxidation sites excluding steroid dienone is 6. The van der Waals surface area contributed by atoms with Crippen LogP contribution < -0.4 is 0 Å². The molecule has 0 saturated heterocycles. The molecule has 0 N–H and O–H groups in total. The fourth-order valence-electron chi connectivity index (χ4n) is 3.30. The van der Waals surface area contributed by atoms with E-state index >= 15 is 0 Å². The highest BCUT2D eigenvalue weighted by Gasteiger charge is 2.41. The zero-order valence-corrected chi connectivity index (χ0v) is 11.7. The number of hydrogen-bond acceptors (Lipinski definition) is 4. The third kappa shape index (κ3) is 1.96. The van der Waals surface area contributed by atoms with Crippen LogP contribution in [0.4, 0.5) is 0 Å². The van der Waals surface area contributed by atoms with Gasteiger partial charge in [0, 0.05) is 17.4 Å². The lowest BCUT2D eigenvalue weighted by atomic mass is 9.87. The highest BCUT2D eigenvalue weighted by molar-refractivity contribution is 6.23. The van der Waals surface area contributed by atoms with Crippen LogP contribution in [0.1, 0.15) is 16.8 Å². The molecular formula is C18H13NO3. The molecule has 2 atom stereocenters. The Labute approximate surface area is 127 Å². The van der Waals surface area contributed by atoms with E-state index in [0.29, 0.717) is 11.3 Å². The summed E-state index contributed by atoms with van der Waals surface area (Å²) in [6, 6.07) is 8.72. The number of ketones is 1. The van der Waals surface area contributed by atoms with Gasteiger partial charge >= 0.3 is 5.97 Å². The van der Waals surface area contributed by atoms with Crippen LogP contribution in [0.15, 0.2) is 70.9 Å². The maximum atomic E-state index is 12.0. The maximum absolute atomic E-state index is 12.0. The van der Waals surface area contributed by atoms with Crippen LogP contribution in [0.5, 0.6) is 0 Å². The van der Waals surface area contributed by atoms with Crippen molar-refractivity contribution in [3.05, 3.63) is 71.3 Å². The molecule has 0 aliphatic heterocycles. The fraction of sp³-hybridized carbons (Fsp3) is 0.167. The molecule has 0 amide bonds. The number of rotatable bonds is 2. The van der Waals surface area contributed by atoms with Crippen LogP contribution in [0.25, 0.3) is 0 Å². The molecule has 1 aromatic rings. The Morgan fingerprint density at radius 3 is 2.55 bits per heavy atom. The zero-order chi connectivity index (χ0) is 15.1. The lowest BCUT2D eigenvalue weighted by Crippen LogP contribution is -2.18. The molecule has 2 unspecified atom stereocenters. The number of fused-ring (bicyclic) bond motifs is 4. The number of carbonyl (C=O) groups is 2. The molecule has 108 valence electrons. The SMILES string of the molecule is O=C1C=C/C(=N/OC(=O)c2ccccc2)C2=C1C1C=CC2C1. The van der Waals surface area contributed by atoms with Gasteiger partial charge < -0.3 is 4.84 Å². The van der Waals surface area contributed by atoms with Crippen molar-refractivity contribution >= 4 is 17.5 Å². The Morgan fingerprint density at radius 2 is 1.77 bits per heavy atom. The first-order chi connectivity index (χ1) is 10.7. The first-order valence-corrected chi connectivity index (χ1v) is 7.23. The van der Waals surface area contributed by atoms with Gasteiger partial charge in [0.2, 0.25) is 0 Å². The van der Waals surface area contributed by atoms with Crippen LogP contribution in [-0.2, 0) is 9.63 Å². The summed E-state index contributed by atoms with van der Waals surface area (Å²) in [5.74, 6) is -0.0602. The highest BCUT2D eigenvalue weighted by Crippen LogP contribution is 2.46. The maximum Gasteiger partial charge on any atom is 0.365 e. The minimum absolute atomic E-state index is 0.0418. The van der Waals surface area contributed by atoms with Crippen molar-refractivity contribution in [2.45, 2.75) is 6.42 Å². The van der Waals surface area contributed by atoms with Gasteiger partial charge in [-0.2, -0.15) is 0 Å².